The van der Waals surface area contributed by atoms with Gasteiger partial charge in [0, 0.05) is 6.42 Å². The maximum absolute atomic E-state index is 12.2. The zero-order chi connectivity index (χ0) is 22.5. The zero-order valence-electron chi connectivity index (χ0n) is 17.0. The summed E-state index contributed by atoms with van der Waals surface area (Å²) in [6.45, 7) is 4.97. The summed E-state index contributed by atoms with van der Waals surface area (Å²) in [4.78, 5) is 64.9. The normalized spacial score (nSPS) is 14.1. The van der Waals surface area contributed by atoms with Crippen LogP contribution in [0.1, 0.15) is 54.3 Å². The van der Waals surface area contributed by atoms with E-state index in [0.717, 1.165) is 7.11 Å². The zero-order valence-corrected chi connectivity index (χ0v) is 17.0. The van der Waals surface area contributed by atoms with E-state index in [0.29, 0.717) is 5.06 Å². The van der Waals surface area contributed by atoms with Crippen LogP contribution >= 0.6 is 0 Å². The maximum atomic E-state index is 12.2. The van der Waals surface area contributed by atoms with Crippen LogP contribution in [0.5, 0.6) is 0 Å². The highest BCUT2D eigenvalue weighted by Gasteiger charge is 2.37. The Balaban J connectivity index is 1.87. The lowest BCUT2D eigenvalue weighted by Crippen LogP contribution is -2.45. The molecule has 1 aliphatic rings. The Bertz CT molecular complexity index is 827. The number of hydrogen-bond donors (Lipinski definition) is 2. The van der Waals surface area contributed by atoms with Crippen LogP contribution in [0.4, 0.5) is 4.79 Å². The van der Waals surface area contributed by atoms with Gasteiger partial charge in [0.05, 0.1) is 18.2 Å². The standard InChI is InChI=1S/C19H23N3O8/c1-19(2,3)29-18(27)20-13(17(26)28-4)9-10-14(23)21-30-22-15(24)11-7-5-6-8-12(11)16(22)25/h5-8,13H,9-10H2,1-4H3,(H,20,27)(H,21,23). The molecule has 0 spiro atoms. The van der Waals surface area contributed by atoms with Gasteiger partial charge in [-0.15, -0.1) is 10.0 Å². The van der Waals surface area contributed by atoms with Crippen LogP contribution in [0, 0.1) is 0 Å². The third kappa shape index (κ3) is 5.77. The molecule has 162 valence electrons. The average Bonchev–Trinajstić information content (AvgIpc) is 2.92. The highest BCUT2D eigenvalue weighted by molar-refractivity contribution is 6.20. The minimum absolute atomic E-state index is 0.136. The summed E-state index contributed by atoms with van der Waals surface area (Å²) in [5, 5.41) is 2.76. The smallest absolute Gasteiger partial charge is 0.408 e. The number of ether oxygens (including phenoxy) is 2. The fourth-order valence-corrected chi connectivity index (χ4v) is 2.51. The van der Waals surface area contributed by atoms with E-state index in [1.54, 1.807) is 32.9 Å². The minimum atomic E-state index is -1.14. The molecule has 1 unspecified atom stereocenters. The Hall–Kier alpha value is -3.47. The summed E-state index contributed by atoms with van der Waals surface area (Å²) in [7, 11) is 1.14. The van der Waals surface area contributed by atoms with Gasteiger partial charge in [-0.1, -0.05) is 12.1 Å². The monoisotopic (exact) mass is 421 g/mol. The Labute approximate surface area is 172 Å². The lowest BCUT2D eigenvalue weighted by Gasteiger charge is -2.22. The third-order valence-electron chi connectivity index (χ3n) is 3.84. The first kappa shape index (κ1) is 22.8. The number of nitrogens with one attached hydrogen (secondary N) is 2. The number of alkyl carbamates (subject to hydrolysis) is 1. The van der Waals surface area contributed by atoms with Gasteiger partial charge in [0.15, 0.2) is 0 Å². The lowest BCUT2D eigenvalue weighted by atomic mass is 10.1. The number of hydroxylamine groups is 3. The van der Waals surface area contributed by atoms with Crippen LogP contribution in [0.15, 0.2) is 24.3 Å². The van der Waals surface area contributed by atoms with Crippen LogP contribution in [-0.4, -0.2) is 53.6 Å². The highest BCUT2D eigenvalue weighted by atomic mass is 16.8. The van der Waals surface area contributed by atoms with Gasteiger partial charge in [0.25, 0.3) is 11.8 Å². The number of benzene rings is 1. The number of nitrogens with zero attached hydrogens (tertiary/aromatic N) is 1. The summed E-state index contributed by atoms with van der Waals surface area (Å²) in [5.74, 6) is -2.92. The molecule has 1 aliphatic heterocycles. The van der Waals surface area contributed by atoms with Gasteiger partial charge in [-0.3, -0.25) is 14.4 Å². The molecule has 1 aromatic rings. The second-order valence-corrected chi connectivity index (χ2v) is 7.33. The van der Waals surface area contributed by atoms with Crippen molar-refractivity contribution in [2.75, 3.05) is 7.11 Å². The van der Waals surface area contributed by atoms with E-state index in [1.807, 2.05) is 5.48 Å². The predicted molar refractivity (Wildman–Crippen MR) is 101 cm³/mol. The molecule has 1 atom stereocenters. The molecule has 0 saturated heterocycles. The van der Waals surface area contributed by atoms with Gasteiger partial charge >= 0.3 is 12.1 Å². The molecule has 0 aromatic heterocycles. The molecule has 0 radical (unpaired) electrons. The van der Waals surface area contributed by atoms with Gasteiger partial charge in [0.1, 0.15) is 11.6 Å². The van der Waals surface area contributed by atoms with Gasteiger partial charge in [0.2, 0.25) is 5.91 Å². The van der Waals surface area contributed by atoms with Crippen LogP contribution in [-0.2, 0) is 24.0 Å². The molecule has 0 bridgehead atoms. The number of rotatable bonds is 7. The number of methoxy groups -OCH3 is 1. The van der Waals surface area contributed by atoms with Gasteiger partial charge in [-0.05, 0) is 39.3 Å². The van der Waals surface area contributed by atoms with Crippen molar-refractivity contribution in [3.8, 4) is 0 Å². The molecule has 4 amide bonds. The second-order valence-electron chi connectivity index (χ2n) is 7.33. The van der Waals surface area contributed by atoms with E-state index < -0.39 is 41.4 Å². The van der Waals surface area contributed by atoms with Crippen molar-refractivity contribution in [1.82, 2.24) is 15.9 Å². The van der Waals surface area contributed by atoms with Gasteiger partial charge in [-0.2, -0.15) is 0 Å². The number of fused-ring (bicyclic) bond motifs is 1. The van der Waals surface area contributed by atoms with Crippen molar-refractivity contribution in [1.29, 1.82) is 0 Å². The molecule has 2 N–H and O–H groups in total. The van der Waals surface area contributed by atoms with Crippen LogP contribution in [0.3, 0.4) is 0 Å². The Kier molecular flexibility index (Phi) is 7.11. The topological polar surface area (TPSA) is 140 Å². The van der Waals surface area contributed by atoms with E-state index in [1.165, 1.54) is 12.1 Å². The number of esters is 1. The van der Waals surface area contributed by atoms with Crippen molar-refractivity contribution in [2.45, 2.75) is 45.3 Å². The fraction of sp³-hybridized carbons (Fsp3) is 0.421. The Morgan fingerprint density at radius 3 is 2.13 bits per heavy atom. The van der Waals surface area contributed by atoms with Crippen molar-refractivity contribution in [3.05, 3.63) is 35.4 Å². The molecule has 0 saturated carbocycles. The molecule has 1 heterocycles. The van der Waals surface area contributed by atoms with Crippen molar-refractivity contribution in [2.24, 2.45) is 0 Å². The van der Waals surface area contributed by atoms with Gasteiger partial charge < -0.3 is 14.8 Å². The quantitative estimate of drug-likeness (QED) is 0.379. The minimum Gasteiger partial charge on any atom is -0.467 e. The summed E-state index contributed by atoms with van der Waals surface area (Å²) in [6.07, 6.45) is -1.26. The second kappa shape index (κ2) is 9.35. The first-order valence-electron chi connectivity index (χ1n) is 9.04. The van der Waals surface area contributed by atoms with Gasteiger partial charge in [-0.25, -0.2) is 15.1 Å². The first-order chi connectivity index (χ1) is 14.0. The summed E-state index contributed by atoms with van der Waals surface area (Å²) < 4.78 is 9.69. The molecular weight excluding hydrogens is 398 g/mol. The lowest BCUT2D eigenvalue weighted by molar-refractivity contribution is -0.167. The van der Waals surface area contributed by atoms with E-state index in [4.69, 9.17) is 9.68 Å². The van der Waals surface area contributed by atoms with Crippen molar-refractivity contribution in [3.63, 3.8) is 0 Å². The summed E-state index contributed by atoms with van der Waals surface area (Å²) in [5.41, 5.74) is 1.51. The van der Waals surface area contributed by atoms with Crippen molar-refractivity contribution < 1.29 is 38.4 Å². The predicted octanol–water partition coefficient (Wildman–Crippen LogP) is 1.09. The summed E-state index contributed by atoms with van der Waals surface area (Å²) >= 11 is 0. The molecule has 1 aromatic carbocycles. The number of carbonyl (C=O) groups is 5. The largest absolute Gasteiger partial charge is 0.467 e. The Morgan fingerprint density at radius 2 is 1.63 bits per heavy atom. The number of amides is 4. The molecule has 11 nitrogen and oxygen atoms in total. The number of hydrogen-bond acceptors (Lipinski definition) is 8. The molecule has 30 heavy (non-hydrogen) atoms. The number of carbonyl (C=O) groups excluding carboxylic acids is 5. The highest BCUT2D eigenvalue weighted by Crippen LogP contribution is 2.22. The molecule has 11 heteroatoms. The average molecular weight is 421 g/mol. The third-order valence-corrected chi connectivity index (χ3v) is 3.84. The van der Waals surface area contributed by atoms with Crippen LogP contribution < -0.4 is 10.8 Å². The van der Waals surface area contributed by atoms with Crippen LogP contribution in [0.2, 0.25) is 0 Å². The van der Waals surface area contributed by atoms with E-state index in [-0.39, 0.29) is 24.0 Å². The first-order valence-corrected chi connectivity index (χ1v) is 9.04. The molecule has 2 rings (SSSR count). The SMILES string of the molecule is COC(=O)C(CCC(=O)NON1C(=O)c2ccccc2C1=O)NC(=O)OC(C)(C)C. The Morgan fingerprint density at radius 1 is 1.07 bits per heavy atom. The molecule has 0 fully saturated rings. The number of imide groups is 1. The maximum Gasteiger partial charge on any atom is 0.408 e. The van der Waals surface area contributed by atoms with E-state index >= 15 is 0 Å². The summed E-state index contributed by atoms with van der Waals surface area (Å²) in [6, 6.07) is 4.97. The van der Waals surface area contributed by atoms with E-state index in [2.05, 4.69) is 10.1 Å². The van der Waals surface area contributed by atoms with E-state index in [9.17, 15) is 24.0 Å². The molecule has 0 aliphatic carbocycles. The van der Waals surface area contributed by atoms with Crippen LogP contribution in [0.25, 0.3) is 0 Å². The van der Waals surface area contributed by atoms with Crippen molar-refractivity contribution >= 4 is 29.8 Å². The fourth-order valence-electron chi connectivity index (χ4n) is 2.51. The molecular formula is C19H23N3O8.